The summed E-state index contributed by atoms with van der Waals surface area (Å²) in [6.45, 7) is 0.748. The lowest BCUT2D eigenvalue weighted by Crippen LogP contribution is -2.36. The van der Waals surface area contributed by atoms with Crippen molar-refractivity contribution in [3.8, 4) is 0 Å². The normalized spacial score (nSPS) is 25.8. The summed E-state index contributed by atoms with van der Waals surface area (Å²) in [6.07, 6.45) is 9.03. The van der Waals surface area contributed by atoms with E-state index in [0.717, 1.165) is 25.9 Å². The monoisotopic (exact) mass is 237 g/mol. The quantitative estimate of drug-likeness (QED) is 0.810. The van der Waals surface area contributed by atoms with Crippen LogP contribution in [0.1, 0.15) is 37.8 Å². The molecular formula is C13H23N3O. The van der Waals surface area contributed by atoms with Gasteiger partial charge in [-0.3, -0.25) is 4.68 Å². The molecule has 1 heterocycles. The first kappa shape index (κ1) is 12.6. The molecule has 1 aromatic heterocycles. The van der Waals surface area contributed by atoms with Crippen molar-refractivity contribution < 1.29 is 4.74 Å². The molecule has 1 saturated carbocycles. The Morgan fingerprint density at radius 2 is 2.24 bits per heavy atom. The number of nitrogens with two attached hydrogens (primary N) is 1. The van der Waals surface area contributed by atoms with Crippen molar-refractivity contribution in [3.63, 3.8) is 0 Å². The molecule has 4 heteroatoms. The number of ether oxygens (including phenoxy) is 1. The molecule has 0 saturated heterocycles. The molecule has 0 amide bonds. The average molecular weight is 237 g/mol. The molecule has 96 valence electrons. The van der Waals surface area contributed by atoms with Gasteiger partial charge in [-0.1, -0.05) is 19.3 Å². The standard InChI is InChI=1S/C13H23N3O/c1-16-11(7-9-15-16)8-10-17-13-6-4-2-3-5-12(13)14/h7,9,12-13H,2-6,8,10,14H2,1H3. The minimum Gasteiger partial charge on any atom is -0.376 e. The van der Waals surface area contributed by atoms with E-state index in [2.05, 4.69) is 5.10 Å². The third-order valence-electron chi connectivity index (χ3n) is 3.62. The van der Waals surface area contributed by atoms with Crippen LogP contribution in [-0.2, 0) is 18.2 Å². The zero-order valence-corrected chi connectivity index (χ0v) is 10.6. The Morgan fingerprint density at radius 3 is 3.00 bits per heavy atom. The lowest BCUT2D eigenvalue weighted by atomic mass is 10.1. The molecule has 2 rings (SSSR count). The van der Waals surface area contributed by atoms with E-state index < -0.39 is 0 Å². The van der Waals surface area contributed by atoms with Crippen LogP contribution < -0.4 is 5.73 Å². The van der Waals surface area contributed by atoms with Gasteiger partial charge >= 0.3 is 0 Å². The van der Waals surface area contributed by atoms with Gasteiger partial charge in [-0.05, 0) is 18.9 Å². The maximum Gasteiger partial charge on any atom is 0.0726 e. The molecule has 1 aliphatic rings. The van der Waals surface area contributed by atoms with Crippen LogP contribution in [0.2, 0.25) is 0 Å². The maximum atomic E-state index is 6.13. The van der Waals surface area contributed by atoms with Crippen molar-refractivity contribution in [1.82, 2.24) is 9.78 Å². The van der Waals surface area contributed by atoms with Crippen molar-refractivity contribution in [2.24, 2.45) is 12.8 Å². The van der Waals surface area contributed by atoms with E-state index in [1.807, 2.05) is 24.0 Å². The highest BCUT2D eigenvalue weighted by molar-refractivity contribution is 4.99. The summed E-state index contributed by atoms with van der Waals surface area (Å²) in [5.74, 6) is 0. The molecule has 0 aromatic carbocycles. The van der Waals surface area contributed by atoms with E-state index in [1.165, 1.54) is 25.0 Å². The fourth-order valence-corrected chi connectivity index (χ4v) is 2.47. The summed E-state index contributed by atoms with van der Waals surface area (Å²) in [6, 6.07) is 2.26. The minimum absolute atomic E-state index is 0.226. The Morgan fingerprint density at radius 1 is 1.41 bits per heavy atom. The lowest BCUT2D eigenvalue weighted by Gasteiger charge is -2.21. The van der Waals surface area contributed by atoms with Gasteiger partial charge < -0.3 is 10.5 Å². The predicted octanol–water partition coefficient (Wildman–Crippen LogP) is 1.64. The number of aryl methyl sites for hydroxylation is 1. The highest BCUT2D eigenvalue weighted by Crippen LogP contribution is 2.19. The highest BCUT2D eigenvalue weighted by atomic mass is 16.5. The second kappa shape index (κ2) is 6.17. The van der Waals surface area contributed by atoms with Crippen LogP contribution in [0.15, 0.2) is 12.3 Å². The molecule has 2 N–H and O–H groups in total. The number of rotatable bonds is 4. The minimum atomic E-state index is 0.226. The topological polar surface area (TPSA) is 53.1 Å². The summed E-state index contributed by atoms with van der Waals surface area (Å²) in [4.78, 5) is 0. The molecule has 1 aromatic rings. The number of hydrogen-bond donors (Lipinski definition) is 1. The summed E-state index contributed by atoms with van der Waals surface area (Å²) >= 11 is 0. The van der Waals surface area contributed by atoms with Crippen molar-refractivity contribution in [2.75, 3.05) is 6.61 Å². The largest absolute Gasteiger partial charge is 0.376 e. The lowest BCUT2D eigenvalue weighted by molar-refractivity contribution is 0.0325. The Kier molecular flexibility index (Phi) is 4.57. The van der Waals surface area contributed by atoms with Crippen LogP contribution in [0.5, 0.6) is 0 Å². The van der Waals surface area contributed by atoms with Crippen LogP contribution in [0.4, 0.5) is 0 Å². The van der Waals surface area contributed by atoms with E-state index >= 15 is 0 Å². The Bertz CT molecular complexity index is 337. The van der Waals surface area contributed by atoms with E-state index in [9.17, 15) is 0 Å². The first-order valence-electron chi connectivity index (χ1n) is 6.61. The molecule has 1 aliphatic carbocycles. The number of aromatic nitrogens is 2. The van der Waals surface area contributed by atoms with Gasteiger partial charge in [0.1, 0.15) is 0 Å². The molecule has 17 heavy (non-hydrogen) atoms. The second-order valence-electron chi connectivity index (χ2n) is 4.91. The summed E-state index contributed by atoms with van der Waals surface area (Å²) in [5.41, 5.74) is 7.34. The van der Waals surface area contributed by atoms with E-state index in [-0.39, 0.29) is 12.1 Å². The predicted molar refractivity (Wildman–Crippen MR) is 67.7 cm³/mol. The van der Waals surface area contributed by atoms with Gasteiger partial charge in [-0.15, -0.1) is 0 Å². The molecular weight excluding hydrogens is 214 g/mol. The summed E-state index contributed by atoms with van der Waals surface area (Å²) in [5, 5.41) is 4.15. The molecule has 4 nitrogen and oxygen atoms in total. The zero-order chi connectivity index (χ0) is 12.1. The highest BCUT2D eigenvalue weighted by Gasteiger charge is 2.20. The SMILES string of the molecule is Cn1nccc1CCOC1CCCCCC1N. The van der Waals surface area contributed by atoms with Crippen molar-refractivity contribution in [2.45, 2.75) is 50.7 Å². The van der Waals surface area contributed by atoms with Crippen molar-refractivity contribution in [1.29, 1.82) is 0 Å². The van der Waals surface area contributed by atoms with E-state index in [4.69, 9.17) is 10.5 Å². The van der Waals surface area contributed by atoms with Crippen molar-refractivity contribution >= 4 is 0 Å². The first-order chi connectivity index (χ1) is 8.27. The molecule has 0 spiro atoms. The summed E-state index contributed by atoms with van der Waals surface area (Å²) in [7, 11) is 1.96. The Balaban J connectivity index is 1.75. The van der Waals surface area contributed by atoms with Gasteiger partial charge in [0.15, 0.2) is 0 Å². The van der Waals surface area contributed by atoms with Crippen molar-refractivity contribution in [3.05, 3.63) is 18.0 Å². The first-order valence-corrected chi connectivity index (χ1v) is 6.61. The maximum absolute atomic E-state index is 6.13. The molecule has 0 aliphatic heterocycles. The molecule has 2 atom stereocenters. The zero-order valence-electron chi connectivity index (χ0n) is 10.6. The number of nitrogens with zero attached hydrogens (tertiary/aromatic N) is 2. The van der Waals surface area contributed by atoms with E-state index in [0.29, 0.717) is 0 Å². The summed E-state index contributed by atoms with van der Waals surface area (Å²) < 4.78 is 7.84. The van der Waals surface area contributed by atoms with Crippen LogP contribution >= 0.6 is 0 Å². The fraction of sp³-hybridized carbons (Fsp3) is 0.769. The van der Waals surface area contributed by atoms with Gasteiger partial charge in [0.2, 0.25) is 0 Å². The molecule has 2 unspecified atom stereocenters. The smallest absolute Gasteiger partial charge is 0.0726 e. The second-order valence-corrected chi connectivity index (χ2v) is 4.91. The van der Waals surface area contributed by atoms with Crippen LogP contribution in [0.3, 0.4) is 0 Å². The van der Waals surface area contributed by atoms with Gasteiger partial charge in [0.05, 0.1) is 12.7 Å². The van der Waals surface area contributed by atoms with Gasteiger partial charge in [-0.2, -0.15) is 5.10 Å². The molecule has 0 radical (unpaired) electrons. The number of hydrogen-bond acceptors (Lipinski definition) is 3. The molecule has 1 fully saturated rings. The average Bonchev–Trinajstić information content (AvgIpc) is 2.60. The Hall–Kier alpha value is -0.870. The third-order valence-corrected chi connectivity index (χ3v) is 3.62. The van der Waals surface area contributed by atoms with Gasteiger partial charge in [-0.25, -0.2) is 0 Å². The molecule has 0 bridgehead atoms. The fourth-order valence-electron chi connectivity index (χ4n) is 2.47. The van der Waals surface area contributed by atoms with Crippen LogP contribution in [0, 0.1) is 0 Å². The van der Waals surface area contributed by atoms with Gasteiger partial charge in [0.25, 0.3) is 0 Å². The third kappa shape index (κ3) is 3.54. The van der Waals surface area contributed by atoms with Crippen LogP contribution in [-0.4, -0.2) is 28.5 Å². The Labute approximate surface area is 103 Å². The van der Waals surface area contributed by atoms with Crippen LogP contribution in [0.25, 0.3) is 0 Å². The van der Waals surface area contributed by atoms with E-state index in [1.54, 1.807) is 0 Å². The van der Waals surface area contributed by atoms with Gasteiger partial charge in [0, 0.05) is 31.4 Å².